The topological polar surface area (TPSA) is 139 Å². The summed E-state index contributed by atoms with van der Waals surface area (Å²) < 4.78 is 18.1. The fraction of sp³-hybridized carbons (Fsp3) is 0.216. The van der Waals surface area contributed by atoms with Gasteiger partial charge in [-0.05, 0) is 77.4 Å². The number of ether oxygens (including phenoxy) is 3. The minimum Gasteiger partial charge on any atom is -0.497 e. The number of esters is 1. The number of pyridine rings is 1. The van der Waals surface area contributed by atoms with Crippen LogP contribution in [-0.4, -0.2) is 65.7 Å². The number of aromatic nitrogens is 1. The molecule has 2 amide bonds. The quantitative estimate of drug-likeness (QED) is 0.0989. The molecule has 5 aromatic carbocycles. The molecule has 6 aromatic rings. The highest BCUT2D eigenvalue weighted by Crippen LogP contribution is 2.65. The van der Waals surface area contributed by atoms with Crippen LogP contribution in [-0.2, 0) is 31.0 Å². The van der Waals surface area contributed by atoms with Crippen LogP contribution < -0.4 is 20.1 Å². The van der Waals surface area contributed by atoms with Gasteiger partial charge in [-0.25, -0.2) is 0 Å². The van der Waals surface area contributed by atoms with Crippen LogP contribution in [0.15, 0.2) is 152 Å². The number of nitrogens with one attached hydrogen (secondary N) is 2. The molecular formula is C51H44N4O7. The summed E-state index contributed by atoms with van der Waals surface area (Å²) in [6, 6.07) is 42.1. The molecular weight excluding hydrogens is 781 g/mol. The number of anilines is 1. The first-order valence-electron chi connectivity index (χ1n) is 20.6. The molecule has 62 heavy (non-hydrogen) atoms. The highest BCUT2D eigenvalue weighted by Gasteiger charge is 2.74. The first-order valence-corrected chi connectivity index (χ1v) is 20.6. The fourth-order valence-corrected chi connectivity index (χ4v) is 9.42. The van der Waals surface area contributed by atoms with Gasteiger partial charge in [0, 0.05) is 47.2 Å². The minimum atomic E-state index is -1.75. The van der Waals surface area contributed by atoms with Crippen LogP contribution >= 0.6 is 0 Å². The maximum absolute atomic E-state index is 15.6. The van der Waals surface area contributed by atoms with Gasteiger partial charge in [-0.2, -0.15) is 0 Å². The van der Waals surface area contributed by atoms with E-state index >= 15 is 14.4 Å². The number of rotatable bonds is 11. The van der Waals surface area contributed by atoms with Crippen LogP contribution in [0.2, 0.25) is 0 Å². The van der Waals surface area contributed by atoms with Crippen molar-refractivity contribution < 1.29 is 33.7 Å². The van der Waals surface area contributed by atoms with E-state index < -0.39 is 53.3 Å². The molecule has 1 spiro atoms. The lowest BCUT2D eigenvalue weighted by molar-refractivity contribution is -0.178. The molecule has 0 saturated carbocycles. The van der Waals surface area contributed by atoms with Gasteiger partial charge in [0.15, 0.2) is 0 Å². The second kappa shape index (κ2) is 17.4. The van der Waals surface area contributed by atoms with Crippen molar-refractivity contribution in [1.29, 1.82) is 0 Å². The Morgan fingerprint density at radius 2 is 1.53 bits per heavy atom. The number of hydrogen-bond acceptors (Lipinski definition) is 9. The molecule has 310 valence electrons. The highest BCUT2D eigenvalue weighted by molar-refractivity contribution is 6.12. The average Bonchev–Trinajstić information content (AvgIpc) is 3.79. The molecule has 0 aliphatic carbocycles. The van der Waals surface area contributed by atoms with Gasteiger partial charge in [0.05, 0.1) is 31.7 Å². The van der Waals surface area contributed by atoms with Crippen molar-refractivity contribution in [2.75, 3.05) is 32.2 Å². The number of carbonyl (C=O) groups excluding carboxylic acids is 3. The molecule has 3 aliphatic rings. The number of aliphatic hydroxyl groups is 1. The van der Waals surface area contributed by atoms with E-state index in [2.05, 4.69) is 27.5 Å². The van der Waals surface area contributed by atoms with Gasteiger partial charge in [0.25, 0.3) is 0 Å². The average molecular weight is 825 g/mol. The molecule has 0 bridgehead atoms. The Kier molecular flexibility index (Phi) is 11.3. The third kappa shape index (κ3) is 7.23. The van der Waals surface area contributed by atoms with Gasteiger partial charge >= 0.3 is 5.97 Å². The molecule has 0 unspecified atom stereocenters. The van der Waals surface area contributed by atoms with Gasteiger partial charge < -0.3 is 30.0 Å². The van der Waals surface area contributed by atoms with Crippen molar-refractivity contribution in [3.63, 3.8) is 0 Å². The van der Waals surface area contributed by atoms with Crippen LogP contribution in [0.4, 0.5) is 5.69 Å². The summed E-state index contributed by atoms with van der Waals surface area (Å²) in [6.07, 6.45) is 1.29. The predicted molar refractivity (Wildman–Crippen MR) is 232 cm³/mol. The lowest BCUT2D eigenvalue weighted by Crippen LogP contribution is -2.55. The van der Waals surface area contributed by atoms with Crippen molar-refractivity contribution in [1.82, 2.24) is 15.2 Å². The zero-order valence-electron chi connectivity index (χ0n) is 33.9. The monoisotopic (exact) mass is 824 g/mol. The van der Waals surface area contributed by atoms with E-state index in [4.69, 9.17) is 14.2 Å². The van der Waals surface area contributed by atoms with Crippen molar-refractivity contribution in [2.45, 2.75) is 36.1 Å². The minimum absolute atomic E-state index is 0.0255. The van der Waals surface area contributed by atoms with Gasteiger partial charge in [-0.15, -0.1) is 0 Å². The van der Waals surface area contributed by atoms with E-state index in [1.54, 1.807) is 25.4 Å². The predicted octanol–water partition coefficient (Wildman–Crippen LogP) is 6.49. The summed E-state index contributed by atoms with van der Waals surface area (Å²) >= 11 is 0. The molecule has 0 radical (unpaired) electrons. The number of hydrogen-bond donors (Lipinski definition) is 3. The number of carbonyl (C=O) groups is 3. The number of cyclic esters (lactones) is 1. The Labute approximate surface area is 359 Å². The summed E-state index contributed by atoms with van der Waals surface area (Å²) in [7, 11) is 1.61. The zero-order valence-corrected chi connectivity index (χ0v) is 33.9. The molecule has 9 rings (SSSR count). The number of morpholine rings is 1. The summed E-state index contributed by atoms with van der Waals surface area (Å²) in [5.74, 6) is 4.72. The first kappa shape index (κ1) is 40.2. The normalized spacial score (nSPS) is 22.4. The molecule has 3 aliphatic heterocycles. The van der Waals surface area contributed by atoms with Crippen molar-refractivity contribution in [2.24, 2.45) is 5.92 Å². The number of benzene rings is 5. The second-order valence-corrected chi connectivity index (χ2v) is 15.4. The van der Waals surface area contributed by atoms with Crippen LogP contribution in [0.25, 0.3) is 0 Å². The van der Waals surface area contributed by atoms with Gasteiger partial charge in [0.2, 0.25) is 11.8 Å². The molecule has 11 nitrogen and oxygen atoms in total. The van der Waals surface area contributed by atoms with Crippen LogP contribution in [0.1, 0.15) is 57.3 Å². The summed E-state index contributed by atoms with van der Waals surface area (Å²) in [6.45, 7) is -0.0870. The largest absolute Gasteiger partial charge is 0.497 e. The van der Waals surface area contributed by atoms with Crippen LogP contribution in [0, 0.1) is 17.8 Å². The smallest absolute Gasteiger partial charge is 0.324 e. The molecule has 6 atom stereocenters. The first-order chi connectivity index (χ1) is 30.4. The lowest BCUT2D eigenvalue weighted by atomic mass is 9.65. The van der Waals surface area contributed by atoms with E-state index in [9.17, 15) is 5.11 Å². The van der Waals surface area contributed by atoms with Gasteiger partial charge in [-0.3, -0.25) is 24.3 Å². The molecule has 2 fully saturated rings. The number of methoxy groups -OCH3 is 1. The SMILES string of the molecule is COc1ccc(C#Cc2ccc3c(c2)[C@]2(C(=O)N3)[C@H](C(=O)NCCc3ccccn3)[C@H]3C(=O)O[C@H](c4ccccc4)[C@H](c4ccccc4)N3[C@@H]2c2ccccc2OCCO)cc1. The van der Waals surface area contributed by atoms with E-state index in [1.807, 2.05) is 138 Å². The Morgan fingerprint density at radius 1 is 0.839 bits per heavy atom. The molecule has 11 heteroatoms. The standard InChI is InChI=1S/C51H44N4O7/c1-60-38-24-21-33(22-25-38)19-20-34-23-26-41-40(32-34)51(50(59)54-41)43(48(57)53-29-27-37-16-10-11-28-52-37)45-49(58)62-46(36-14-6-3-7-15-36)44(35-12-4-2-5-13-35)55(45)47(51)39-17-8-9-18-42(39)61-31-30-56/h2-18,21-26,28,32,43-47,56H,27,29-31H2,1H3,(H,53,57)(H,54,59)/t43-,44-,45-,46+,47+,51-/m0/s1. The maximum atomic E-state index is 15.6. The van der Waals surface area contributed by atoms with E-state index in [0.717, 1.165) is 22.4 Å². The summed E-state index contributed by atoms with van der Waals surface area (Å²) in [5, 5.41) is 16.2. The van der Waals surface area contributed by atoms with E-state index in [-0.39, 0.29) is 19.8 Å². The third-order valence-corrected chi connectivity index (χ3v) is 12.0. The van der Waals surface area contributed by atoms with Crippen molar-refractivity contribution in [3.05, 3.63) is 191 Å². The molecule has 2 saturated heterocycles. The van der Waals surface area contributed by atoms with Crippen molar-refractivity contribution >= 4 is 23.5 Å². The molecule has 1 aromatic heterocycles. The van der Waals surface area contributed by atoms with Crippen LogP contribution in [0.3, 0.4) is 0 Å². The summed E-state index contributed by atoms with van der Waals surface area (Å²) in [4.78, 5) is 52.5. The Bertz CT molecular complexity index is 2650. The Hall–Kier alpha value is -7.26. The molecule has 4 heterocycles. The fourth-order valence-electron chi connectivity index (χ4n) is 9.42. The number of nitrogens with zero attached hydrogens (tertiary/aromatic N) is 2. The number of para-hydroxylation sites is 1. The Morgan fingerprint density at radius 3 is 2.26 bits per heavy atom. The van der Waals surface area contributed by atoms with E-state index in [0.29, 0.717) is 40.3 Å². The van der Waals surface area contributed by atoms with Gasteiger partial charge in [0.1, 0.15) is 35.7 Å². The van der Waals surface area contributed by atoms with Crippen LogP contribution in [0.5, 0.6) is 11.5 Å². The second-order valence-electron chi connectivity index (χ2n) is 15.4. The highest BCUT2D eigenvalue weighted by atomic mass is 16.6. The maximum Gasteiger partial charge on any atom is 0.324 e. The number of fused-ring (bicyclic) bond motifs is 3. The molecule has 3 N–H and O–H groups in total. The van der Waals surface area contributed by atoms with E-state index in [1.165, 1.54) is 0 Å². The Balaban J connectivity index is 1.29. The number of amides is 2. The summed E-state index contributed by atoms with van der Waals surface area (Å²) in [5.41, 5.74) is 3.54. The van der Waals surface area contributed by atoms with Gasteiger partial charge in [-0.1, -0.05) is 96.8 Å². The third-order valence-electron chi connectivity index (χ3n) is 12.0. The number of aliphatic hydroxyl groups excluding tert-OH is 1. The van der Waals surface area contributed by atoms with Crippen molar-refractivity contribution in [3.8, 4) is 23.3 Å². The zero-order chi connectivity index (χ0) is 42.6. The lowest BCUT2D eigenvalue weighted by Gasteiger charge is -2.46.